The van der Waals surface area contributed by atoms with Gasteiger partial charge in [0.15, 0.2) is 0 Å². The summed E-state index contributed by atoms with van der Waals surface area (Å²) in [7, 11) is 0. The molecule has 116 valence electrons. The molecule has 0 bridgehead atoms. The molecule has 22 heavy (non-hydrogen) atoms. The molecule has 0 fully saturated rings. The van der Waals surface area contributed by atoms with Crippen molar-refractivity contribution in [2.45, 2.75) is 32.2 Å². The molecule has 1 aliphatic rings. The molecule has 0 aromatic carbocycles. The fourth-order valence-electron chi connectivity index (χ4n) is 2.83. The summed E-state index contributed by atoms with van der Waals surface area (Å²) >= 11 is 1.75. The molecular formula is C18H21NO2S. The van der Waals surface area contributed by atoms with E-state index in [9.17, 15) is 4.79 Å². The Bertz CT molecular complexity index is 601. The third-order valence-electron chi connectivity index (χ3n) is 4.06. The molecule has 0 radical (unpaired) electrons. The minimum Gasteiger partial charge on any atom is -0.467 e. The molecule has 0 saturated heterocycles. The van der Waals surface area contributed by atoms with Crippen molar-refractivity contribution in [1.29, 1.82) is 0 Å². The summed E-state index contributed by atoms with van der Waals surface area (Å²) in [5, 5.41) is 2.08. The molecule has 0 N–H and O–H groups in total. The molecule has 4 heteroatoms. The van der Waals surface area contributed by atoms with Crippen LogP contribution in [0.1, 0.15) is 29.9 Å². The van der Waals surface area contributed by atoms with Gasteiger partial charge in [0.1, 0.15) is 5.76 Å². The van der Waals surface area contributed by atoms with Crippen LogP contribution in [0.2, 0.25) is 0 Å². The molecule has 2 heterocycles. The van der Waals surface area contributed by atoms with Crippen molar-refractivity contribution in [1.82, 2.24) is 4.90 Å². The molecule has 1 atom stereocenters. The van der Waals surface area contributed by atoms with Crippen molar-refractivity contribution in [3.63, 3.8) is 0 Å². The van der Waals surface area contributed by atoms with E-state index < -0.39 is 0 Å². The van der Waals surface area contributed by atoms with Crippen molar-refractivity contribution in [2.75, 3.05) is 6.54 Å². The topological polar surface area (TPSA) is 33.5 Å². The lowest BCUT2D eigenvalue weighted by Crippen LogP contribution is -2.37. The van der Waals surface area contributed by atoms with Crippen molar-refractivity contribution < 1.29 is 9.21 Å². The van der Waals surface area contributed by atoms with E-state index in [0.717, 1.165) is 38.0 Å². The average Bonchev–Trinajstić information content (AvgIpc) is 3.25. The van der Waals surface area contributed by atoms with Gasteiger partial charge in [-0.2, -0.15) is 0 Å². The van der Waals surface area contributed by atoms with Crippen LogP contribution in [0.3, 0.4) is 0 Å². The summed E-state index contributed by atoms with van der Waals surface area (Å²) in [6.07, 6.45) is 9.72. The molecule has 0 saturated carbocycles. The van der Waals surface area contributed by atoms with Crippen molar-refractivity contribution in [3.05, 3.63) is 58.7 Å². The molecule has 0 spiro atoms. The van der Waals surface area contributed by atoms with Gasteiger partial charge in [0, 0.05) is 17.3 Å². The van der Waals surface area contributed by atoms with Gasteiger partial charge in [0.2, 0.25) is 5.91 Å². The van der Waals surface area contributed by atoms with E-state index in [1.807, 2.05) is 17.0 Å². The maximum absolute atomic E-state index is 12.8. The monoisotopic (exact) mass is 315 g/mol. The Balaban J connectivity index is 1.66. The van der Waals surface area contributed by atoms with Crippen LogP contribution in [0.4, 0.5) is 0 Å². The third-order valence-corrected chi connectivity index (χ3v) is 5.00. The second-order valence-corrected chi connectivity index (χ2v) is 6.68. The van der Waals surface area contributed by atoms with Crippen LogP contribution in [-0.4, -0.2) is 17.4 Å². The Hall–Kier alpha value is -1.81. The van der Waals surface area contributed by atoms with E-state index in [0.29, 0.717) is 6.54 Å². The SMILES string of the molecule is O=C(C1CC=CCC1)N(CCc1cccs1)Cc1ccco1. The molecule has 2 aromatic rings. The summed E-state index contributed by atoms with van der Waals surface area (Å²) in [5.74, 6) is 1.24. The van der Waals surface area contributed by atoms with Crippen LogP contribution < -0.4 is 0 Å². The highest BCUT2D eigenvalue weighted by Gasteiger charge is 2.25. The first-order valence-corrected chi connectivity index (χ1v) is 8.69. The van der Waals surface area contributed by atoms with E-state index >= 15 is 0 Å². The summed E-state index contributed by atoms with van der Waals surface area (Å²) in [5.41, 5.74) is 0. The predicted octanol–water partition coefficient (Wildman–Crippen LogP) is 4.27. The highest BCUT2D eigenvalue weighted by molar-refractivity contribution is 7.09. The maximum atomic E-state index is 12.8. The van der Waals surface area contributed by atoms with E-state index in [4.69, 9.17) is 4.42 Å². The molecule has 1 unspecified atom stereocenters. The van der Waals surface area contributed by atoms with Crippen molar-refractivity contribution >= 4 is 17.2 Å². The molecular weight excluding hydrogens is 294 g/mol. The molecule has 0 aliphatic heterocycles. The van der Waals surface area contributed by atoms with Gasteiger partial charge in [-0.15, -0.1) is 11.3 Å². The number of nitrogens with zero attached hydrogens (tertiary/aromatic N) is 1. The van der Waals surface area contributed by atoms with E-state index in [1.165, 1.54) is 4.88 Å². The Morgan fingerprint density at radius 2 is 2.27 bits per heavy atom. The summed E-state index contributed by atoms with van der Waals surface area (Å²) in [4.78, 5) is 16.1. The number of furan rings is 1. The lowest BCUT2D eigenvalue weighted by molar-refractivity contribution is -0.136. The fraction of sp³-hybridized carbons (Fsp3) is 0.389. The van der Waals surface area contributed by atoms with Crippen molar-refractivity contribution in [3.8, 4) is 0 Å². The second-order valence-electron chi connectivity index (χ2n) is 5.65. The van der Waals surface area contributed by atoms with Gasteiger partial charge in [-0.1, -0.05) is 18.2 Å². The van der Waals surface area contributed by atoms with Crippen LogP contribution in [0.15, 0.2) is 52.5 Å². The lowest BCUT2D eigenvalue weighted by Gasteiger charge is -2.27. The van der Waals surface area contributed by atoms with E-state index in [1.54, 1.807) is 17.6 Å². The van der Waals surface area contributed by atoms with Crippen LogP contribution in [0.5, 0.6) is 0 Å². The first-order chi connectivity index (χ1) is 10.8. The predicted molar refractivity (Wildman–Crippen MR) is 88.6 cm³/mol. The fourth-order valence-corrected chi connectivity index (χ4v) is 3.53. The minimum atomic E-state index is 0.128. The molecule has 1 aliphatic carbocycles. The standard InChI is InChI=1S/C18H21NO2S/c20-18(15-6-2-1-3-7-15)19(14-16-8-4-12-21-16)11-10-17-9-5-13-22-17/h1-2,4-5,8-9,12-13,15H,3,6-7,10-11,14H2. The third kappa shape index (κ3) is 3.89. The van der Waals surface area contributed by atoms with Crippen LogP contribution in [0, 0.1) is 5.92 Å². The Kier molecular flexibility index (Phi) is 5.11. The van der Waals surface area contributed by atoms with Gasteiger partial charge in [-0.05, 0) is 49.3 Å². The van der Waals surface area contributed by atoms with Crippen LogP contribution in [0.25, 0.3) is 0 Å². The van der Waals surface area contributed by atoms with Gasteiger partial charge in [0.25, 0.3) is 0 Å². The Labute approximate surface area is 135 Å². The van der Waals surface area contributed by atoms with Crippen LogP contribution >= 0.6 is 11.3 Å². The minimum absolute atomic E-state index is 0.128. The number of hydrogen-bond donors (Lipinski definition) is 0. The Morgan fingerprint density at radius 3 is 2.95 bits per heavy atom. The average molecular weight is 315 g/mol. The number of hydrogen-bond acceptors (Lipinski definition) is 3. The highest BCUT2D eigenvalue weighted by atomic mass is 32.1. The summed E-state index contributed by atoms with van der Waals surface area (Å²) < 4.78 is 5.43. The number of rotatable bonds is 6. The van der Waals surface area contributed by atoms with Gasteiger partial charge >= 0.3 is 0 Å². The maximum Gasteiger partial charge on any atom is 0.226 e. The number of carbonyl (C=O) groups excluding carboxylic acids is 1. The largest absolute Gasteiger partial charge is 0.467 e. The van der Waals surface area contributed by atoms with E-state index in [2.05, 4.69) is 29.7 Å². The molecule has 3 rings (SSSR count). The lowest BCUT2D eigenvalue weighted by atomic mass is 9.93. The number of carbonyl (C=O) groups is 1. The first kappa shape index (κ1) is 15.1. The van der Waals surface area contributed by atoms with Crippen molar-refractivity contribution in [2.24, 2.45) is 5.92 Å². The molecule has 1 amide bonds. The summed E-state index contributed by atoms with van der Waals surface area (Å²) in [6.45, 7) is 1.32. The zero-order valence-electron chi connectivity index (χ0n) is 12.6. The smallest absolute Gasteiger partial charge is 0.226 e. The number of thiophene rings is 1. The zero-order chi connectivity index (χ0) is 15.2. The van der Waals surface area contributed by atoms with Crippen LogP contribution in [-0.2, 0) is 17.8 Å². The highest BCUT2D eigenvalue weighted by Crippen LogP contribution is 2.22. The van der Waals surface area contributed by atoms with Gasteiger partial charge in [-0.3, -0.25) is 4.79 Å². The molecule has 2 aromatic heterocycles. The summed E-state index contributed by atoms with van der Waals surface area (Å²) in [6, 6.07) is 8.00. The van der Waals surface area contributed by atoms with E-state index in [-0.39, 0.29) is 11.8 Å². The first-order valence-electron chi connectivity index (χ1n) is 7.81. The number of allylic oxidation sites excluding steroid dienone is 2. The van der Waals surface area contributed by atoms with Gasteiger partial charge in [0.05, 0.1) is 12.8 Å². The quantitative estimate of drug-likeness (QED) is 0.746. The second kappa shape index (κ2) is 7.45. The number of amides is 1. The van der Waals surface area contributed by atoms with Gasteiger partial charge < -0.3 is 9.32 Å². The normalized spacial score (nSPS) is 17.5. The van der Waals surface area contributed by atoms with Gasteiger partial charge in [-0.25, -0.2) is 0 Å². The zero-order valence-corrected chi connectivity index (χ0v) is 13.4. The Morgan fingerprint density at radius 1 is 1.32 bits per heavy atom. The molecule has 3 nitrogen and oxygen atoms in total.